The summed E-state index contributed by atoms with van der Waals surface area (Å²) in [6.07, 6.45) is 6.03. The van der Waals surface area contributed by atoms with Crippen molar-refractivity contribution in [3.8, 4) is 5.75 Å². The molecule has 24 heavy (non-hydrogen) atoms. The number of ether oxygens (including phenoxy) is 2. The number of carbonyl (C=O) groups excluding carboxylic acids is 1. The van der Waals surface area contributed by atoms with Crippen molar-refractivity contribution in [2.75, 3.05) is 6.61 Å². The monoisotopic (exact) mass is 354 g/mol. The van der Waals surface area contributed by atoms with Crippen molar-refractivity contribution in [1.29, 1.82) is 0 Å². The molecule has 0 amide bonds. The molecule has 0 radical (unpaired) electrons. The fraction of sp³-hybridized carbons (Fsp3) is 0.632. The molecular weight excluding hydrogens is 331 g/mol. The molecule has 1 aromatic carbocycles. The first-order chi connectivity index (χ1) is 11.2. The molecule has 132 valence electrons. The summed E-state index contributed by atoms with van der Waals surface area (Å²) in [4.78, 5) is 12.2. The minimum atomic E-state index is -0.729. The summed E-state index contributed by atoms with van der Waals surface area (Å²) in [6, 6.07) is 2.72. The Kier molecular flexibility index (Phi) is 4.54. The van der Waals surface area contributed by atoms with Gasteiger partial charge < -0.3 is 9.47 Å². The van der Waals surface area contributed by atoms with E-state index in [9.17, 15) is 9.18 Å². The van der Waals surface area contributed by atoms with Gasteiger partial charge >= 0.3 is 5.97 Å². The second-order valence-corrected chi connectivity index (χ2v) is 8.50. The maximum atomic E-state index is 14.7. The average molecular weight is 355 g/mol. The third-order valence-corrected chi connectivity index (χ3v) is 5.19. The molecule has 2 saturated carbocycles. The van der Waals surface area contributed by atoms with E-state index in [0.29, 0.717) is 12.5 Å². The first kappa shape index (κ1) is 17.5. The van der Waals surface area contributed by atoms with E-state index in [0.717, 1.165) is 12.8 Å². The van der Waals surface area contributed by atoms with Gasteiger partial charge in [-0.2, -0.15) is 0 Å². The van der Waals surface area contributed by atoms with Crippen molar-refractivity contribution < 1.29 is 18.7 Å². The molecule has 0 spiro atoms. The molecule has 0 aliphatic heterocycles. The van der Waals surface area contributed by atoms with E-state index >= 15 is 0 Å². The van der Waals surface area contributed by atoms with Gasteiger partial charge in [-0.15, -0.1) is 0 Å². The van der Waals surface area contributed by atoms with Gasteiger partial charge in [0.1, 0.15) is 11.2 Å². The number of hydrogen-bond acceptors (Lipinski definition) is 3. The van der Waals surface area contributed by atoms with Gasteiger partial charge in [-0.25, -0.2) is 9.18 Å². The second-order valence-electron chi connectivity index (χ2n) is 8.07. The van der Waals surface area contributed by atoms with Crippen LogP contribution in [0.3, 0.4) is 0 Å². The first-order valence-corrected chi connectivity index (χ1v) is 8.93. The molecule has 0 N–H and O–H groups in total. The Morgan fingerprint density at radius 1 is 1.38 bits per heavy atom. The lowest BCUT2D eigenvalue weighted by Gasteiger charge is -2.23. The maximum absolute atomic E-state index is 14.7. The van der Waals surface area contributed by atoms with Crippen LogP contribution < -0.4 is 4.74 Å². The minimum Gasteiger partial charge on any atom is -0.490 e. The van der Waals surface area contributed by atoms with E-state index < -0.39 is 17.4 Å². The maximum Gasteiger partial charge on any atom is 0.341 e. The molecule has 2 unspecified atom stereocenters. The standard InChI is InChI=1S/C19H24ClFO3/c1-18(2,3)24-17(22)14-8-13(20)9-15(16(14)21)23-11-19-7-5-4-6-12(19)10-19/h8-9,12H,4-7,10-11H2,1-3H3. The smallest absolute Gasteiger partial charge is 0.341 e. The zero-order valence-electron chi connectivity index (χ0n) is 14.5. The van der Waals surface area contributed by atoms with Crippen molar-refractivity contribution in [3.05, 3.63) is 28.5 Å². The molecule has 3 nitrogen and oxygen atoms in total. The number of carbonyl (C=O) groups is 1. The van der Waals surface area contributed by atoms with Gasteiger partial charge in [0.2, 0.25) is 0 Å². The summed E-state index contributed by atoms with van der Waals surface area (Å²) >= 11 is 6.05. The van der Waals surface area contributed by atoms with Gasteiger partial charge in [-0.1, -0.05) is 24.4 Å². The van der Waals surface area contributed by atoms with E-state index in [1.807, 2.05) is 0 Å². The van der Waals surface area contributed by atoms with Crippen LogP contribution in [-0.4, -0.2) is 18.2 Å². The van der Waals surface area contributed by atoms with Crippen LogP contribution in [0.1, 0.15) is 63.2 Å². The molecule has 5 heteroatoms. The highest BCUT2D eigenvalue weighted by Gasteiger charge is 2.55. The van der Waals surface area contributed by atoms with Crippen LogP contribution in [0.2, 0.25) is 5.02 Å². The topological polar surface area (TPSA) is 35.5 Å². The Hall–Kier alpha value is -1.29. The Morgan fingerprint density at radius 3 is 2.79 bits per heavy atom. The predicted octanol–water partition coefficient (Wildman–Crippen LogP) is 5.39. The van der Waals surface area contributed by atoms with E-state index in [2.05, 4.69) is 0 Å². The summed E-state index contributed by atoms with van der Waals surface area (Å²) in [5, 5.41) is 0.265. The number of benzene rings is 1. The zero-order valence-corrected chi connectivity index (χ0v) is 15.2. The molecular formula is C19H24ClFO3. The molecule has 2 aliphatic rings. The van der Waals surface area contributed by atoms with Crippen molar-refractivity contribution >= 4 is 17.6 Å². The number of halogens is 2. The van der Waals surface area contributed by atoms with Crippen LogP contribution in [0.15, 0.2) is 12.1 Å². The van der Waals surface area contributed by atoms with E-state index in [1.54, 1.807) is 20.8 Å². The van der Waals surface area contributed by atoms with Crippen LogP contribution in [0, 0.1) is 17.2 Å². The lowest BCUT2D eigenvalue weighted by atomic mass is 9.89. The Labute approximate surface area is 147 Å². The molecule has 2 atom stereocenters. The summed E-state index contributed by atoms with van der Waals surface area (Å²) in [7, 11) is 0. The number of hydrogen-bond donors (Lipinski definition) is 0. The van der Waals surface area contributed by atoms with Crippen LogP contribution in [-0.2, 0) is 4.74 Å². The summed E-state index contributed by atoms with van der Waals surface area (Å²) in [5.74, 6) is -0.682. The summed E-state index contributed by atoms with van der Waals surface area (Å²) < 4.78 is 25.7. The van der Waals surface area contributed by atoms with E-state index in [4.69, 9.17) is 21.1 Å². The molecule has 0 bridgehead atoms. The molecule has 0 saturated heterocycles. The lowest BCUT2D eigenvalue weighted by molar-refractivity contribution is 0.00636. The fourth-order valence-electron chi connectivity index (χ4n) is 3.64. The quantitative estimate of drug-likeness (QED) is 0.680. The molecule has 3 rings (SSSR count). The first-order valence-electron chi connectivity index (χ1n) is 8.55. The van der Waals surface area contributed by atoms with Crippen LogP contribution in [0.4, 0.5) is 4.39 Å². The zero-order chi connectivity index (χ0) is 17.5. The highest BCUT2D eigenvalue weighted by Crippen LogP contribution is 2.61. The van der Waals surface area contributed by atoms with Gasteiger partial charge in [0.05, 0.1) is 6.61 Å². The summed E-state index contributed by atoms with van der Waals surface area (Å²) in [6.45, 7) is 5.70. The largest absolute Gasteiger partial charge is 0.490 e. The van der Waals surface area contributed by atoms with Gasteiger partial charge in [-0.3, -0.25) is 0 Å². The van der Waals surface area contributed by atoms with Crippen molar-refractivity contribution in [2.45, 2.75) is 58.5 Å². The van der Waals surface area contributed by atoms with Gasteiger partial charge in [0.15, 0.2) is 11.6 Å². The fourth-order valence-corrected chi connectivity index (χ4v) is 3.84. The predicted molar refractivity (Wildman–Crippen MR) is 91.1 cm³/mol. The Bertz CT molecular complexity index is 653. The Morgan fingerprint density at radius 2 is 2.12 bits per heavy atom. The van der Waals surface area contributed by atoms with Gasteiger partial charge in [0, 0.05) is 16.5 Å². The normalized spacial score (nSPS) is 25.8. The highest BCUT2D eigenvalue weighted by molar-refractivity contribution is 6.31. The number of fused-ring (bicyclic) bond motifs is 1. The summed E-state index contributed by atoms with van der Waals surface area (Å²) in [5.41, 5.74) is -0.672. The van der Waals surface area contributed by atoms with Crippen molar-refractivity contribution in [2.24, 2.45) is 11.3 Å². The third kappa shape index (κ3) is 3.69. The molecule has 2 fully saturated rings. The average Bonchev–Trinajstić information content (AvgIpc) is 3.20. The van der Waals surface area contributed by atoms with E-state index in [1.165, 1.54) is 31.4 Å². The van der Waals surface area contributed by atoms with Crippen molar-refractivity contribution in [1.82, 2.24) is 0 Å². The van der Waals surface area contributed by atoms with Crippen molar-refractivity contribution in [3.63, 3.8) is 0 Å². The molecule has 0 heterocycles. The van der Waals surface area contributed by atoms with Gasteiger partial charge in [-0.05, 0) is 52.0 Å². The minimum absolute atomic E-state index is 0.0361. The van der Waals surface area contributed by atoms with Crippen LogP contribution in [0.5, 0.6) is 5.75 Å². The number of esters is 1. The number of rotatable bonds is 4. The molecule has 0 aromatic heterocycles. The molecule has 2 aliphatic carbocycles. The van der Waals surface area contributed by atoms with Gasteiger partial charge in [0.25, 0.3) is 0 Å². The van der Waals surface area contributed by atoms with E-state index in [-0.39, 0.29) is 21.8 Å². The lowest BCUT2D eigenvalue weighted by Crippen LogP contribution is -2.25. The SMILES string of the molecule is CC(C)(C)OC(=O)c1cc(Cl)cc(OCC23CCCCC2C3)c1F. The van der Waals surface area contributed by atoms with Crippen LogP contribution in [0.25, 0.3) is 0 Å². The van der Waals surface area contributed by atoms with Crippen LogP contribution >= 0.6 is 11.6 Å². The molecule has 1 aromatic rings. The second kappa shape index (κ2) is 6.21. The highest BCUT2D eigenvalue weighted by atomic mass is 35.5. The third-order valence-electron chi connectivity index (χ3n) is 4.97. The Balaban J connectivity index is 1.75.